The molecule has 2 heterocycles. The predicted molar refractivity (Wildman–Crippen MR) is 143 cm³/mol. The highest BCUT2D eigenvalue weighted by Gasteiger charge is 2.67. The third-order valence-corrected chi connectivity index (χ3v) is 8.36. The zero-order valence-corrected chi connectivity index (χ0v) is 23.7. The number of carbonyl (C=O) groups is 2. The molecule has 5 atom stereocenters. The fraction of sp³-hybridized carbons (Fsp3) is 0.538. The van der Waals surface area contributed by atoms with E-state index in [1.165, 1.54) is 23.8 Å². The van der Waals surface area contributed by atoms with Crippen LogP contribution in [-0.2, 0) is 32.9 Å². The molecule has 1 saturated heterocycles. The summed E-state index contributed by atoms with van der Waals surface area (Å²) in [6, 6.07) is 8.75. The smallest absolute Gasteiger partial charge is 0.459 e. The molecule has 5 unspecified atom stereocenters. The van der Waals surface area contributed by atoms with E-state index in [0.717, 1.165) is 0 Å². The molecular weight excluding hydrogens is 543 g/mol. The van der Waals surface area contributed by atoms with Gasteiger partial charge in [-0.2, -0.15) is 10.1 Å². The average molecular weight is 579 g/mol. The second-order valence-corrected chi connectivity index (χ2v) is 11.8. The van der Waals surface area contributed by atoms with Crippen LogP contribution in [0.3, 0.4) is 0 Å². The van der Waals surface area contributed by atoms with Gasteiger partial charge in [0.05, 0.1) is 24.5 Å². The van der Waals surface area contributed by atoms with E-state index < -0.39 is 61.2 Å². The molecule has 1 spiro atoms. The first-order valence-corrected chi connectivity index (χ1v) is 14.7. The number of benzene rings is 1. The number of nitrogens with zero attached hydrogens (tertiary/aromatic N) is 2. The first-order valence-electron chi connectivity index (χ1n) is 13.1. The maximum Gasteiger partial charge on any atom is 0.459 e. The summed E-state index contributed by atoms with van der Waals surface area (Å²) in [4.78, 5) is 41.4. The van der Waals surface area contributed by atoms with Gasteiger partial charge in [-0.25, -0.2) is 9.36 Å². The van der Waals surface area contributed by atoms with Crippen LogP contribution in [0.4, 0.5) is 5.82 Å². The van der Waals surface area contributed by atoms with Gasteiger partial charge in [0.15, 0.2) is 0 Å². The molecule has 218 valence electrons. The van der Waals surface area contributed by atoms with E-state index in [4.69, 9.17) is 29.0 Å². The van der Waals surface area contributed by atoms with Crippen molar-refractivity contribution < 1.29 is 37.4 Å². The molecule has 1 aliphatic heterocycles. The number of esters is 2. The second kappa shape index (κ2) is 12.1. The van der Waals surface area contributed by atoms with Gasteiger partial charge in [-0.05, 0) is 44.9 Å². The van der Waals surface area contributed by atoms with E-state index in [9.17, 15) is 18.9 Å². The summed E-state index contributed by atoms with van der Waals surface area (Å²) in [7, 11) is -4.21. The van der Waals surface area contributed by atoms with Gasteiger partial charge in [0, 0.05) is 6.20 Å². The molecule has 2 aromatic rings. The highest BCUT2D eigenvalue weighted by molar-refractivity contribution is 7.52. The number of nitrogen functional groups attached to an aromatic ring is 1. The number of carbonyl (C=O) groups excluding carboxylic acids is 2. The van der Waals surface area contributed by atoms with Gasteiger partial charge in [0.1, 0.15) is 36.0 Å². The van der Waals surface area contributed by atoms with Crippen molar-refractivity contribution in [1.82, 2.24) is 14.6 Å². The molecule has 1 aromatic heterocycles. The first-order chi connectivity index (χ1) is 19.0. The SMILES string of the molecule is CCOC(=O)C(C)NP(=O)(OCC1OC(n2ccc(N)nc2=O)C2(CC2)C1OC(=O)C(C)C)Oc1ccccc1. The summed E-state index contributed by atoms with van der Waals surface area (Å²) in [5.74, 6) is -1.22. The summed E-state index contributed by atoms with van der Waals surface area (Å²) < 4.78 is 43.9. The van der Waals surface area contributed by atoms with E-state index in [0.29, 0.717) is 12.8 Å². The maximum atomic E-state index is 13.9. The summed E-state index contributed by atoms with van der Waals surface area (Å²) >= 11 is 0. The molecular formula is C26H35N4O9P. The molecule has 2 aliphatic rings. The summed E-state index contributed by atoms with van der Waals surface area (Å²) in [6.45, 7) is 6.32. The minimum absolute atomic E-state index is 0.0626. The Kier molecular flexibility index (Phi) is 8.99. The fourth-order valence-electron chi connectivity index (χ4n) is 4.53. The zero-order valence-electron chi connectivity index (χ0n) is 22.8. The Morgan fingerprint density at radius 2 is 1.90 bits per heavy atom. The van der Waals surface area contributed by atoms with Gasteiger partial charge in [-0.3, -0.25) is 18.7 Å². The van der Waals surface area contributed by atoms with E-state index >= 15 is 0 Å². The first kappa shape index (κ1) is 29.7. The van der Waals surface area contributed by atoms with Crippen LogP contribution >= 0.6 is 7.75 Å². The number of nitrogens with one attached hydrogen (secondary N) is 1. The minimum Gasteiger partial charge on any atom is -0.465 e. The Balaban J connectivity index is 1.61. The molecule has 1 saturated carbocycles. The summed E-state index contributed by atoms with van der Waals surface area (Å²) in [5, 5.41) is 2.61. The van der Waals surface area contributed by atoms with Crippen LogP contribution in [0.1, 0.15) is 46.8 Å². The van der Waals surface area contributed by atoms with E-state index in [1.807, 2.05) is 0 Å². The molecule has 0 amide bonds. The van der Waals surface area contributed by atoms with Crippen molar-refractivity contribution in [1.29, 1.82) is 0 Å². The van der Waals surface area contributed by atoms with Crippen molar-refractivity contribution >= 4 is 25.5 Å². The lowest BCUT2D eigenvalue weighted by molar-refractivity contribution is -0.158. The van der Waals surface area contributed by atoms with Gasteiger partial charge in [0.25, 0.3) is 0 Å². The lowest BCUT2D eigenvalue weighted by Crippen LogP contribution is -2.39. The van der Waals surface area contributed by atoms with Crippen LogP contribution in [0.2, 0.25) is 0 Å². The molecule has 0 bridgehead atoms. The van der Waals surface area contributed by atoms with Crippen LogP contribution in [0.15, 0.2) is 47.4 Å². The number of hydrogen-bond donors (Lipinski definition) is 2. The Bertz CT molecular complexity index is 1310. The number of rotatable bonds is 12. The standard InChI is InChI=1S/C26H35N4O9P/c1-5-35-23(32)17(4)29-40(34,39-18-9-7-6-8-10-18)36-15-19-21(38-22(31)16(2)3)26(12-13-26)24(37-19)30-14-11-20(27)28-25(30)33/h6-11,14,16-17,19,21,24H,5,12-13,15H2,1-4H3,(H,29,34)(H2,27,28,33). The maximum absolute atomic E-state index is 13.9. The molecule has 2 fully saturated rings. The van der Waals surface area contributed by atoms with Gasteiger partial charge >= 0.3 is 25.4 Å². The van der Waals surface area contributed by atoms with Crippen molar-refractivity contribution in [2.75, 3.05) is 18.9 Å². The van der Waals surface area contributed by atoms with Gasteiger partial charge in [0.2, 0.25) is 0 Å². The van der Waals surface area contributed by atoms with Crippen molar-refractivity contribution in [2.45, 2.75) is 65.0 Å². The quantitative estimate of drug-likeness (QED) is 0.279. The Morgan fingerprint density at radius 3 is 2.50 bits per heavy atom. The zero-order chi connectivity index (χ0) is 29.1. The normalized spacial score (nSPS) is 23.4. The van der Waals surface area contributed by atoms with Crippen molar-refractivity contribution in [3.63, 3.8) is 0 Å². The summed E-state index contributed by atoms with van der Waals surface area (Å²) in [6.07, 6.45) is 0.129. The number of nitrogens with two attached hydrogens (primary N) is 1. The highest BCUT2D eigenvalue weighted by Crippen LogP contribution is 2.63. The molecule has 14 heteroatoms. The molecule has 1 aliphatic carbocycles. The number of aromatic nitrogens is 2. The molecule has 13 nitrogen and oxygen atoms in total. The Hall–Kier alpha value is -3.25. The Morgan fingerprint density at radius 1 is 1.20 bits per heavy atom. The van der Waals surface area contributed by atoms with Crippen LogP contribution < -0.4 is 21.0 Å². The van der Waals surface area contributed by atoms with Crippen LogP contribution in [0.25, 0.3) is 0 Å². The number of para-hydroxylation sites is 1. The second-order valence-electron chi connectivity index (χ2n) is 10.1. The highest BCUT2D eigenvalue weighted by atomic mass is 31.2. The number of anilines is 1. The van der Waals surface area contributed by atoms with Crippen LogP contribution in [-0.4, -0.2) is 53.0 Å². The van der Waals surface area contributed by atoms with Crippen LogP contribution in [0.5, 0.6) is 5.75 Å². The van der Waals surface area contributed by atoms with E-state index in [2.05, 4.69) is 10.1 Å². The third-order valence-electron chi connectivity index (χ3n) is 6.72. The largest absolute Gasteiger partial charge is 0.465 e. The predicted octanol–water partition coefficient (Wildman–Crippen LogP) is 2.82. The minimum atomic E-state index is -4.21. The van der Waals surface area contributed by atoms with Crippen LogP contribution in [0, 0.1) is 11.3 Å². The molecule has 4 rings (SSSR count). The number of hydrogen-bond acceptors (Lipinski definition) is 11. The van der Waals surface area contributed by atoms with Crippen molar-refractivity contribution in [3.8, 4) is 5.75 Å². The molecule has 0 radical (unpaired) electrons. The number of ether oxygens (including phenoxy) is 3. The molecule has 3 N–H and O–H groups in total. The topological polar surface area (TPSA) is 170 Å². The lowest BCUT2D eigenvalue weighted by atomic mass is 9.96. The third kappa shape index (κ3) is 6.55. The van der Waals surface area contributed by atoms with Gasteiger partial charge < -0.3 is 24.5 Å². The molecule has 40 heavy (non-hydrogen) atoms. The van der Waals surface area contributed by atoms with E-state index in [1.54, 1.807) is 51.1 Å². The van der Waals surface area contributed by atoms with Gasteiger partial charge in [-0.15, -0.1) is 0 Å². The lowest BCUT2D eigenvalue weighted by Gasteiger charge is -2.27. The van der Waals surface area contributed by atoms with Gasteiger partial charge in [-0.1, -0.05) is 32.0 Å². The average Bonchev–Trinajstić information content (AvgIpc) is 3.64. The fourth-order valence-corrected chi connectivity index (χ4v) is 6.03. The Labute approximate surface area is 231 Å². The monoisotopic (exact) mass is 578 g/mol. The van der Waals surface area contributed by atoms with E-state index in [-0.39, 0.29) is 24.8 Å². The van der Waals surface area contributed by atoms with Crippen molar-refractivity contribution in [2.24, 2.45) is 11.3 Å². The summed E-state index contributed by atoms with van der Waals surface area (Å²) in [5.41, 5.74) is 4.33. The van der Waals surface area contributed by atoms with Crippen molar-refractivity contribution in [3.05, 3.63) is 53.1 Å². The molecule has 1 aromatic carbocycles.